The predicted molar refractivity (Wildman–Crippen MR) is 103 cm³/mol. The van der Waals surface area contributed by atoms with Crippen LogP contribution >= 0.6 is 0 Å². The second kappa shape index (κ2) is 7.87. The van der Waals surface area contributed by atoms with Gasteiger partial charge in [-0.05, 0) is 13.0 Å². The number of amides is 1. The third-order valence-corrected chi connectivity index (χ3v) is 4.53. The molecule has 1 aliphatic rings. The molecule has 4 rings (SSSR count). The van der Waals surface area contributed by atoms with E-state index in [4.69, 9.17) is 9.47 Å². The average Bonchev–Trinajstić information content (AvgIpc) is 3.32. The molecule has 1 amide bonds. The van der Waals surface area contributed by atoms with Gasteiger partial charge in [-0.15, -0.1) is 5.10 Å². The number of hydrogen-bond acceptors (Lipinski definition) is 8. The normalized spacial score (nSPS) is 14.2. The minimum Gasteiger partial charge on any atom is -0.462 e. The van der Waals surface area contributed by atoms with Crippen molar-refractivity contribution < 1.29 is 19.1 Å². The standard InChI is InChI=1S/C18H21N7O4/c1-3-29-17(27)13-11-19-23(2)15(13)16(26)20-12-4-5-25-14(10-12)21-18(22-25)24-6-8-28-9-7-24/h4-5,10-11H,3,6-9H2,1-2H3,(H,20,26). The Balaban J connectivity index is 1.56. The summed E-state index contributed by atoms with van der Waals surface area (Å²) < 4.78 is 13.3. The number of esters is 1. The number of nitrogens with one attached hydrogen (secondary N) is 1. The molecular weight excluding hydrogens is 378 g/mol. The first-order chi connectivity index (χ1) is 14.1. The molecule has 0 bridgehead atoms. The highest BCUT2D eigenvalue weighted by Gasteiger charge is 2.23. The van der Waals surface area contributed by atoms with Crippen LogP contribution in [0.5, 0.6) is 0 Å². The molecule has 152 valence electrons. The van der Waals surface area contributed by atoms with Gasteiger partial charge in [-0.2, -0.15) is 10.1 Å². The summed E-state index contributed by atoms with van der Waals surface area (Å²) in [5.41, 5.74) is 1.36. The van der Waals surface area contributed by atoms with Crippen molar-refractivity contribution in [2.75, 3.05) is 43.1 Å². The summed E-state index contributed by atoms with van der Waals surface area (Å²) in [7, 11) is 1.59. The predicted octanol–water partition coefficient (Wildman–Crippen LogP) is 0.728. The van der Waals surface area contributed by atoms with E-state index in [1.165, 1.54) is 10.9 Å². The lowest BCUT2D eigenvalue weighted by atomic mass is 10.2. The third kappa shape index (κ3) is 3.76. The fraction of sp³-hybridized carbons (Fsp3) is 0.389. The van der Waals surface area contributed by atoms with Crippen LogP contribution in [0.4, 0.5) is 11.6 Å². The fourth-order valence-corrected chi connectivity index (χ4v) is 3.10. The van der Waals surface area contributed by atoms with Gasteiger partial charge in [0.05, 0.1) is 26.0 Å². The largest absolute Gasteiger partial charge is 0.462 e. The monoisotopic (exact) mass is 399 g/mol. The molecule has 11 nitrogen and oxygen atoms in total. The van der Waals surface area contributed by atoms with Crippen molar-refractivity contribution in [1.29, 1.82) is 0 Å². The molecule has 0 saturated carbocycles. The van der Waals surface area contributed by atoms with Crippen LogP contribution in [-0.2, 0) is 16.5 Å². The van der Waals surface area contributed by atoms with Crippen LogP contribution in [-0.4, -0.2) is 69.2 Å². The van der Waals surface area contributed by atoms with Gasteiger partial charge >= 0.3 is 5.97 Å². The first-order valence-electron chi connectivity index (χ1n) is 9.26. The number of carbonyl (C=O) groups is 2. The van der Waals surface area contributed by atoms with Crippen molar-refractivity contribution >= 4 is 29.2 Å². The van der Waals surface area contributed by atoms with Crippen molar-refractivity contribution in [3.05, 3.63) is 35.8 Å². The van der Waals surface area contributed by atoms with E-state index in [1.54, 1.807) is 36.8 Å². The number of nitrogens with zero attached hydrogens (tertiary/aromatic N) is 6. The van der Waals surface area contributed by atoms with Gasteiger partial charge in [0.1, 0.15) is 11.3 Å². The summed E-state index contributed by atoms with van der Waals surface area (Å²) in [6, 6.07) is 3.43. The Morgan fingerprint density at radius 3 is 2.86 bits per heavy atom. The molecule has 0 aliphatic carbocycles. The van der Waals surface area contributed by atoms with Crippen LogP contribution in [0.3, 0.4) is 0 Å². The smallest absolute Gasteiger partial charge is 0.342 e. The summed E-state index contributed by atoms with van der Waals surface area (Å²) in [5.74, 6) is -0.438. The van der Waals surface area contributed by atoms with Gasteiger partial charge in [0.25, 0.3) is 5.91 Å². The molecule has 1 aliphatic heterocycles. The zero-order valence-electron chi connectivity index (χ0n) is 16.2. The van der Waals surface area contributed by atoms with E-state index in [0.29, 0.717) is 30.5 Å². The Morgan fingerprint density at radius 1 is 1.31 bits per heavy atom. The number of morpholine rings is 1. The van der Waals surface area contributed by atoms with Crippen LogP contribution in [0.1, 0.15) is 27.8 Å². The second-order valence-corrected chi connectivity index (χ2v) is 6.43. The lowest BCUT2D eigenvalue weighted by molar-refractivity contribution is 0.0523. The van der Waals surface area contributed by atoms with E-state index in [2.05, 4.69) is 25.4 Å². The molecule has 1 N–H and O–H groups in total. The van der Waals surface area contributed by atoms with E-state index >= 15 is 0 Å². The van der Waals surface area contributed by atoms with Gasteiger partial charge in [0, 0.05) is 38.1 Å². The average molecular weight is 399 g/mol. The number of hydrogen-bond donors (Lipinski definition) is 1. The Kier molecular flexibility index (Phi) is 5.12. The SMILES string of the molecule is CCOC(=O)c1cnn(C)c1C(=O)Nc1ccn2nc(N3CCOCC3)nc2c1. The fourth-order valence-electron chi connectivity index (χ4n) is 3.10. The van der Waals surface area contributed by atoms with Gasteiger partial charge in [0.2, 0.25) is 5.95 Å². The highest BCUT2D eigenvalue weighted by Crippen LogP contribution is 2.18. The Labute approximate surface area is 166 Å². The highest BCUT2D eigenvalue weighted by molar-refractivity contribution is 6.10. The highest BCUT2D eigenvalue weighted by atomic mass is 16.5. The van der Waals surface area contributed by atoms with E-state index in [-0.39, 0.29) is 17.9 Å². The summed E-state index contributed by atoms with van der Waals surface area (Å²) in [4.78, 5) is 31.4. The molecule has 0 aromatic carbocycles. The van der Waals surface area contributed by atoms with Crippen LogP contribution in [0.25, 0.3) is 5.65 Å². The molecule has 3 aromatic heterocycles. The van der Waals surface area contributed by atoms with Gasteiger partial charge in [0.15, 0.2) is 5.65 Å². The van der Waals surface area contributed by atoms with Crippen molar-refractivity contribution in [3.63, 3.8) is 0 Å². The Morgan fingerprint density at radius 2 is 2.10 bits per heavy atom. The topological polar surface area (TPSA) is 116 Å². The first-order valence-corrected chi connectivity index (χ1v) is 9.26. The second-order valence-electron chi connectivity index (χ2n) is 6.43. The number of anilines is 2. The maximum Gasteiger partial charge on any atom is 0.342 e. The third-order valence-electron chi connectivity index (χ3n) is 4.53. The maximum absolute atomic E-state index is 12.8. The number of aryl methyl sites for hydroxylation is 1. The zero-order valence-corrected chi connectivity index (χ0v) is 16.2. The van der Waals surface area contributed by atoms with Gasteiger partial charge < -0.3 is 19.7 Å². The molecule has 3 aromatic rings. The molecule has 0 unspecified atom stereocenters. The lowest BCUT2D eigenvalue weighted by Gasteiger charge is -2.25. The molecule has 1 fully saturated rings. The minimum atomic E-state index is -0.589. The van der Waals surface area contributed by atoms with Gasteiger partial charge in [-0.1, -0.05) is 0 Å². The number of carbonyl (C=O) groups excluding carboxylic acids is 2. The Hall–Kier alpha value is -3.47. The van der Waals surface area contributed by atoms with Crippen LogP contribution in [0, 0.1) is 0 Å². The maximum atomic E-state index is 12.8. The van der Waals surface area contributed by atoms with Crippen LogP contribution in [0.15, 0.2) is 24.5 Å². The molecule has 29 heavy (non-hydrogen) atoms. The summed E-state index contributed by atoms with van der Waals surface area (Å²) in [6.45, 7) is 4.67. The van der Waals surface area contributed by atoms with E-state index in [1.807, 2.05) is 0 Å². The van der Waals surface area contributed by atoms with E-state index in [0.717, 1.165) is 13.1 Å². The van der Waals surface area contributed by atoms with Crippen LogP contribution in [0.2, 0.25) is 0 Å². The molecule has 11 heteroatoms. The van der Waals surface area contributed by atoms with Gasteiger partial charge in [-0.25, -0.2) is 9.31 Å². The molecule has 0 radical (unpaired) electrons. The number of ether oxygens (including phenoxy) is 2. The number of rotatable bonds is 5. The van der Waals surface area contributed by atoms with Crippen molar-refractivity contribution in [2.24, 2.45) is 7.05 Å². The summed E-state index contributed by atoms with van der Waals surface area (Å²) >= 11 is 0. The van der Waals surface area contributed by atoms with Crippen molar-refractivity contribution in [1.82, 2.24) is 24.4 Å². The number of pyridine rings is 1. The van der Waals surface area contributed by atoms with Crippen molar-refractivity contribution in [2.45, 2.75) is 6.92 Å². The first kappa shape index (κ1) is 18.9. The molecular formula is C18H21N7O4. The quantitative estimate of drug-likeness (QED) is 0.624. The molecule has 4 heterocycles. The summed E-state index contributed by atoms with van der Waals surface area (Å²) in [6.07, 6.45) is 3.04. The molecule has 0 spiro atoms. The zero-order chi connectivity index (χ0) is 20.4. The number of aromatic nitrogens is 5. The Bertz CT molecular complexity index is 1050. The molecule has 0 atom stereocenters. The van der Waals surface area contributed by atoms with Gasteiger partial charge in [-0.3, -0.25) is 9.48 Å². The van der Waals surface area contributed by atoms with E-state index in [9.17, 15) is 9.59 Å². The number of fused-ring (bicyclic) bond motifs is 1. The van der Waals surface area contributed by atoms with Crippen LogP contribution < -0.4 is 10.2 Å². The van der Waals surface area contributed by atoms with E-state index < -0.39 is 11.9 Å². The summed E-state index contributed by atoms with van der Waals surface area (Å²) in [5, 5.41) is 11.2. The van der Waals surface area contributed by atoms with Crippen molar-refractivity contribution in [3.8, 4) is 0 Å². The molecule has 1 saturated heterocycles. The lowest BCUT2D eigenvalue weighted by Crippen LogP contribution is -2.36. The minimum absolute atomic E-state index is 0.116.